The third-order valence-electron chi connectivity index (χ3n) is 4.10. The Morgan fingerprint density at radius 1 is 1.15 bits per heavy atom. The second-order valence-corrected chi connectivity index (χ2v) is 6.00. The summed E-state index contributed by atoms with van der Waals surface area (Å²) in [6.07, 6.45) is 2.17. The molecule has 1 heterocycles. The monoisotopic (exact) mass is 355 g/mol. The predicted octanol–water partition coefficient (Wildman–Crippen LogP) is 3.28. The third-order valence-corrected chi connectivity index (χ3v) is 4.10. The molecule has 0 aromatic heterocycles. The molecule has 1 N–H and O–H groups in total. The summed E-state index contributed by atoms with van der Waals surface area (Å²) in [4.78, 5) is 24.1. The molecule has 2 aromatic rings. The van der Waals surface area contributed by atoms with E-state index in [9.17, 15) is 9.59 Å². The SMILES string of the molecule is COC(=O)c1cccc(NC(=O)c2cccc(OCC3CCCO3)c2)c1. The van der Waals surface area contributed by atoms with E-state index < -0.39 is 5.97 Å². The summed E-state index contributed by atoms with van der Waals surface area (Å²) < 4.78 is 15.9. The molecule has 0 spiro atoms. The van der Waals surface area contributed by atoms with Gasteiger partial charge in [-0.1, -0.05) is 12.1 Å². The molecule has 1 aliphatic rings. The fourth-order valence-electron chi connectivity index (χ4n) is 2.74. The summed E-state index contributed by atoms with van der Waals surface area (Å²) in [6.45, 7) is 1.26. The van der Waals surface area contributed by atoms with E-state index in [1.807, 2.05) is 6.07 Å². The zero-order valence-corrected chi connectivity index (χ0v) is 14.6. The number of hydrogen-bond acceptors (Lipinski definition) is 5. The minimum Gasteiger partial charge on any atom is -0.491 e. The number of esters is 1. The van der Waals surface area contributed by atoms with Gasteiger partial charge in [0, 0.05) is 17.9 Å². The highest BCUT2D eigenvalue weighted by Gasteiger charge is 2.16. The van der Waals surface area contributed by atoms with E-state index in [0.717, 1.165) is 19.4 Å². The summed E-state index contributed by atoms with van der Waals surface area (Å²) in [5.41, 5.74) is 1.36. The molecule has 3 rings (SSSR count). The molecule has 6 heteroatoms. The number of carbonyl (C=O) groups excluding carboxylic acids is 2. The van der Waals surface area contributed by atoms with Crippen molar-refractivity contribution >= 4 is 17.6 Å². The van der Waals surface area contributed by atoms with Crippen molar-refractivity contribution in [1.82, 2.24) is 0 Å². The molecule has 0 radical (unpaired) electrons. The lowest BCUT2D eigenvalue weighted by Crippen LogP contribution is -2.17. The predicted molar refractivity (Wildman–Crippen MR) is 96.6 cm³/mol. The normalized spacial score (nSPS) is 16.1. The molecule has 1 atom stereocenters. The smallest absolute Gasteiger partial charge is 0.337 e. The average molecular weight is 355 g/mol. The minimum absolute atomic E-state index is 0.119. The topological polar surface area (TPSA) is 73.9 Å². The first-order valence-corrected chi connectivity index (χ1v) is 8.50. The molecule has 1 aliphatic heterocycles. The maximum Gasteiger partial charge on any atom is 0.337 e. The van der Waals surface area contributed by atoms with Crippen LogP contribution in [0.4, 0.5) is 5.69 Å². The molecule has 1 saturated heterocycles. The van der Waals surface area contributed by atoms with Gasteiger partial charge in [-0.05, 0) is 49.2 Å². The van der Waals surface area contributed by atoms with Gasteiger partial charge in [0.2, 0.25) is 0 Å². The van der Waals surface area contributed by atoms with Gasteiger partial charge in [0.1, 0.15) is 12.4 Å². The van der Waals surface area contributed by atoms with Crippen LogP contribution in [0, 0.1) is 0 Å². The number of anilines is 1. The number of carbonyl (C=O) groups is 2. The maximum atomic E-state index is 12.5. The maximum absolute atomic E-state index is 12.5. The van der Waals surface area contributed by atoms with Crippen LogP contribution in [0.5, 0.6) is 5.75 Å². The van der Waals surface area contributed by atoms with Crippen molar-refractivity contribution in [3.05, 3.63) is 59.7 Å². The minimum atomic E-state index is -0.453. The zero-order chi connectivity index (χ0) is 18.4. The van der Waals surface area contributed by atoms with Gasteiger partial charge in [-0.25, -0.2) is 4.79 Å². The van der Waals surface area contributed by atoms with Crippen LogP contribution in [-0.4, -0.2) is 38.3 Å². The second-order valence-electron chi connectivity index (χ2n) is 6.00. The molecule has 26 heavy (non-hydrogen) atoms. The van der Waals surface area contributed by atoms with Gasteiger partial charge in [0.15, 0.2) is 0 Å². The van der Waals surface area contributed by atoms with Crippen LogP contribution >= 0.6 is 0 Å². The lowest BCUT2D eigenvalue weighted by Gasteiger charge is -2.12. The van der Waals surface area contributed by atoms with Crippen molar-refractivity contribution in [3.8, 4) is 5.75 Å². The number of ether oxygens (including phenoxy) is 3. The summed E-state index contributed by atoms with van der Waals surface area (Å²) in [6, 6.07) is 13.6. The fraction of sp³-hybridized carbons (Fsp3) is 0.300. The van der Waals surface area contributed by atoms with E-state index in [1.165, 1.54) is 7.11 Å². The molecule has 0 saturated carbocycles. The quantitative estimate of drug-likeness (QED) is 0.805. The van der Waals surface area contributed by atoms with E-state index >= 15 is 0 Å². The van der Waals surface area contributed by atoms with Crippen molar-refractivity contribution < 1.29 is 23.8 Å². The van der Waals surface area contributed by atoms with Crippen LogP contribution in [0.1, 0.15) is 33.6 Å². The molecule has 136 valence electrons. The standard InChI is InChI=1S/C20H21NO5/c1-24-20(23)15-6-2-7-16(11-15)21-19(22)14-5-3-8-17(12-14)26-13-18-9-4-10-25-18/h2-3,5-8,11-12,18H,4,9-10,13H2,1H3,(H,21,22). The Morgan fingerprint density at radius 3 is 2.73 bits per heavy atom. The molecule has 2 aromatic carbocycles. The van der Waals surface area contributed by atoms with Gasteiger partial charge in [-0.2, -0.15) is 0 Å². The van der Waals surface area contributed by atoms with Gasteiger partial charge < -0.3 is 19.5 Å². The van der Waals surface area contributed by atoms with Gasteiger partial charge >= 0.3 is 5.97 Å². The number of amides is 1. The summed E-state index contributed by atoms with van der Waals surface area (Å²) >= 11 is 0. The fourth-order valence-corrected chi connectivity index (χ4v) is 2.74. The summed E-state index contributed by atoms with van der Waals surface area (Å²) in [5, 5.41) is 2.78. The van der Waals surface area contributed by atoms with E-state index in [0.29, 0.717) is 29.2 Å². The van der Waals surface area contributed by atoms with Crippen molar-refractivity contribution in [1.29, 1.82) is 0 Å². The first-order chi connectivity index (χ1) is 12.7. The van der Waals surface area contributed by atoms with Gasteiger partial charge in [0.05, 0.1) is 18.8 Å². The molecule has 0 aliphatic carbocycles. The van der Waals surface area contributed by atoms with E-state index in [4.69, 9.17) is 9.47 Å². The van der Waals surface area contributed by atoms with Crippen LogP contribution in [0.25, 0.3) is 0 Å². The first kappa shape index (κ1) is 17.9. The van der Waals surface area contributed by atoms with Crippen molar-refractivity contribution in [2.24, 2.45) is 0 Å². The highest BCUT2D eigenvalue weighted by Crippen LogP contribution is 2.19. The number of rotatable bonds is 6. The highest BCUT2D eigenvalue weighted by molar-refractivity contribution is 6.05. The Bertz CT molecular complexity index is 783. The van der Waals surface area contributed by atoms with Crippen molar-refractivity contribution in [2.75, 3.05) is 25.6 Å². The van der Waals surface area contributed by atoms with Crippen molar-refractivity contribution in [3.63, 3.8) is 0 Å². The lowest BCUT2D eigenvalue weighted by atomic mass is 10.1. The zero-order valence-electron chi connectivity index (χ0n) is 14.6. The molecule has 1 unspecified atom stereocenters. The lowest BCUT2D eigenvalue weighted by molar-refractivity contribution is 0.0600. The van der Waals surface area contributed by atoms with E-state index in [1.54, 1.807) is 42.5 Å². The van der Waals surface area contributed by atoms with Gasteiger partial charge in [-0.3, -0.25) is 4.79 Å². The Balaban J connectivity index is 1.64. The summed E-state index contributed by atoms with van der Waals surface area (Å²) in [7, 11) is 1.32. The Kier molecular flexibility index (Phi) is 5.86. The van der Waals surface area contributed by atoms with Crippen LogP contribution in [-0.2, 0) is 9.47 Å². The second kappa shape index (κ2) is 8.49. The van der Waals surface area contributed by atoms with Crippen LogP contribution in [0.2, 0.25) is 0 Å². The highest BCUT2D eigenvalue weighted by atomic mass is 16.5. The third kappa shape index (κ3) is 4.61. The number of hydrogen-bond donors (Lipinski definition) is 1. The number of nitrogens with one attached hydrogen (secondary N) is 1. The van der Waals surface area contributed by atoms with Gasteiger partial charge in [0.25, 0.3) is 5.91 Å². The van der Waals surface area contributed by atoms with Crippen LogP contribution in [0.15, 0.2) is 48.5 Å². The summed E-state index contributed by atoms with van der Waals surface area (Å²) in [5.74, 6) is -0.114. The molecule has 6 nitrogen and oxygen atoms in total. The Morgan fingerprint density at radius 2 is 1.96 bits per heavy atom. The average Bonchev–Trinajstić information content (AvgIpc) is 3.20. The molecular formula is C20H21NO5. The first-order valence-electron chi connectivity index (χ1n) is 8.50. The van der Waals surface area contributed by atoms with Gasteiger partial charge in [-0.15, -0.1) is 0 Å². The largest absolute Gasteiger partial charge is 0.491 e. The van der Waals surface area contributed by atoms with Crippen LogP contribution in [0.3, 0.4) is 0 Å². The van der Waals surface area contributed by atoms with Crippen LogP contribution < -0.4 is 10.1 Å². The molecule has 0 bridgehead atoms. The molecule has 1 fully saturated rings. The van der Waals surface area contributed by atoms with Crippen molar-refractivity contribution in [2.45, 2.75) is 18.9 Å². The van der Waals surface area contributed by atoms with E-state index in [2.05, 4.69) is 10.1 Å². The number of methoxy groups -OCH3 is 1. The molecule has 1 amide bonds. The Hall–Kier alpha value is -2.86. The number of benzene rings is 2. The molecular weight excluding hydrogens is 334 g/mol. The van der Waals surface area contributed by atoms with E-state index in [-0.39, 0.29) is 12.0 Å². The Labute approximate surface area is 152 Å².